The lowest BCUT2D eigenvalue weighted by atomic mass is 10.1. The molecule has 0 fully saturated rings. The summed E-state index contributed by atoms with van der Waals surface area (Å²) in [6, 6.07) is 29.6. The molecule has 190 valence electrons. The normalized spacial score (nSPS) is 11.0. The summed E-state index contributed by atoms with van der Waals surface area (Å²) in [5.41, 5.74) is 4.99. The Labute approximate surface area is 203 Å². The molecule has 0 bridgehead atoms. The fourth-order valence-electron chi connectivity index (χ4n) is 3.16. The third-order valence-corrected chi connectivity index (χ3v) is 4.55. The van der Waals surface area contributed by atoms with E-state index >= 15 is 0 Å². The Bertz CT molecular complexity index is 1080. The molecule has 0 N–H and O–H groups in total. The molecule has 0 spiro atoms. The van der Waals surface area contributed by atoms with Crippen LogP contribution in [0, 0.1) is 0 Å². The molecule has 0 amide bonds. The molecule has 2 aromatic carbocycles. The minimum absolute atomic E-state index is 0.934. The molecule has 2 heterocycles. The minimum Gasteiger partial charge on any atom is -0.418 e. The molecule has 2 aromatic heterocycles. The lowest BCUT2D eigenvalue weighted by Crippen LogP contribution is -2.44. The number of rotatable bonds is 5. The van der Waals surface area contributed by atoms with Crippen LogP contribution >= 0.6 is 0 Å². The van der Waals surface area contributed by atoms with Gasteiger partial charge < -0.3 is 34.5 Å². The van der Waals surface area contributed by atoms with Gasteiger partial charge in [-0.3, -0.25) is 0 Å². The highest BCUT2D eigenvalue weighted by molar-refractivity contribution is 6.50. The second-order valence-electron chi connectivity index (χ2n) is 7.38. The first-order chi connectivity index (χ1) is 16.9. The lowest BCUT2D eigenvalue weighted by molar-refractivity contribution is -0.778. The fraction of sp³-hybridized carbons (Fsp3) is 0.0833. The summed E-state index contributed by atoms with van der Waals surface area (Å²) in [6.45, 7) is 1.87. The number of aryl methyl sites for hydroxylation is 2. The van der Waals surface area contributed by atoms with Crippen LogP contribution in [0.25, 0.3) is 22.3 Å². The minimum atomic E-state index is -6.00. The Morgan fingerprint density at radius 2 is 0.694 bits per heavy atom. The van der Waals surface area contributed by atoms with Gasteiger partial charge in [0.05, 0.1) is 0 Å². The van der Waals surface area contributed by atoms with E-state index in [2.05, 4.69) is 119 Å². The monoisotopic (exact) mass is 512 g/mol. The van der Waals surface area contributed by atoms with E-state index in [0.717, 1.165) is 13.1 Å². The van der Waals surface area contributed by atoms with E-state index in [4.69, 9.17) is 0 Å². The molecule has 0 unspecified atom stereocenters. The summed E-state index contributed by atoms with van der Waals surface area (Å²) < 4.78 is 82.5. The highest BCUT2D eigenvalue weighted by atomic mass is 19.5. The van der Waals surface area contributed by atoms with E-state index in [9.17, 15) is 34.5 Å². The summed E-state index contributed by atoms with van der Waals surface area (Å²) >= 11 is 0. The smallest absolute Gasteiger partial charge is 0.418 e. The first kappa shape index (κ1) is 28.5. The molecular formula is C24H22B2F8N2. The SMILES string of the molecule is F[B-](F)(F)F.F[B-](F)(F)F.c1ccc(-c2ccc[n+](CC[n+]3cccc(-c4ccccc4)c3)c2)cc1. The first-order valence-electron chi connectivity index (χ1n) is 10.7. The lowest BCUT2D eigenvalue weighted by Gasteiger charge is -2.02. The molecule has 4 aromatic rings. The van der Waals surface area contributed by atoms with Crippen LogP contribution in [0.2, 0.25) is 0 Å². The molecule has 0 aliphatic carbocycles. The van der Waals surface area contributed by atoms with Gasteiger partial charge in [0.25, 0.3) is 0 Å². The van der Waals surface area contributed by atoms with E-state index in [1.165, 1.54) is 22.3 Å². The summed E-state index contributed by atoms with van der Waals surface area (Å²) in [5.74, 6) is 0. The summed E-state index contributed by atoms with van der Waals surface area (Å²) in [5, 5.41) is 0. The van der Waals surface area contributed by atoms with Crippen LogP contribution in [-0.2, 0) is 13.1 Å². The van der Waals surface area contributed by atoms with Crippen LogP contribution in [0.5, 0.6) is 0 Å². The number of benzene rings is 2. The van der Waals surface area contributed by atoms with Crippen LogP contribution < -0.4 is 9.13 Å². The largest absolute Gasteiger partial charge is 0.673 e. The van der Waals surface area contributed by atoms with Gasteiger partial charge in [0.1, 0.15) is 0 Å². The van der Waals surface area contributed by atoms with Crippen LogP contribution in [-0.4, -0.2) is 14.5 Å². The number of pyridine rings is 2. The average molecular weight is 512 g/mol. The van der Waals surface area contributed by atoms with Crippen molar-refractivity contribution in [1.82, 2.24) is 0 Å². The second-order valence-corrected chi connectivity index (χ2v) is 7.38. The summed E-state index contributed by atoms with van der Waals surface area (Å²) in [6.07, 6.45) is 8.70. The predicted octanol–water partition coefficient (Wildman–Crippen LogP) is 6.90. The van der Waals surface area contributed by atoms with E-state index in [0.29, 0.717) is 0 Å². The molecule has 4 rings (SSSR count). The molecule has 0 radical (unpaired) electrons. The zero-order chi connectivity index (χ0) is 26.6. The highest BCUT2D eigenvalue weighted by Gasteiger charge is 2.21. The van der Waals surface area contributed by atoms with Gasteiger partial charge in [-0.2, -0.15) is 9.13 Å². The maximum atomic E-state index is 9.75. The Balaban J connectivity index is 0.000000389. The summed E-state index contributed by atoms with van der Waals surface area (Å²) in [7, 11) is -12.0. The molecule has 2 nitrogen and oxygen atoms in total. The standard InChI is InChI=1S/C24H22N2.2BF4/c1-3-9-21(10-4-1)23-13-7-15-25(19-23)17-18-26-16-8-14-24(20-26)22-11-5-2-6-12-22;2*2-1(3,4)5/h1-16,19-20H,17-18H2;;/q+2;2*-1. The third kappa shape index (κ3) is 12.7. The molecule has 12 heteroatoms. The molecule has 0 aliphatic rings. The van der Waals surface area contributed by atoms with Crippen molar-refractivity contribution >= 4 is 14.5 Å². The first-order valence-corrected chi connectivity index (χ1v) is 10.7. The number of hydrogen-bond acceptors (Lipinski definition) is 0. The number of aromatic nitrogens is 2. The van der Waals surface area contributed by atoms with Crippen LogP contribution in [0.15, 0.2) is 110 Å². The van der Waals surface area contributed by atoms with Crippen molar-refractivity contribution < 1.29 is 43.7 Å². The van der Waals surface area contributed by atoms with Crippen molar-refractivity contribution in [3.63, 3.8) is 0 Å². The maximum Gasteiger partial charge on any atom is 0.673 e. The van der Waals surface area contributed by atoms with Crippen molar-refractivity contribution in [2.45, 2.75) is 13.1 Å². The van der Waals surface area contributed by atoms with Gasteiger partial charge in [-0.1, -0.05) is 60.7 Å². The Morgan fingerprint density at radius 3 is 1.00 bits per heavy atom. The Kier molecular flexibility index (Phi) is 10.6. The fourth-order valence-corrected chi connectivity index (χ4v) is 3.16. The topological polar surface area (TPSA) is 7.76 Å². The highest BCUT2D eigenvalue weighted by Crippen LogP contribution is 2.17. The molecule has 0 aliphatic heterocycles. The summed E-state index contributed by atoms with van der Waals surface area (Å²) in [4.78, 5) is 0. The predicted molar refractivity (Wildman–Crippen MR) is 125 cm³/mol. The van der Waals surface area contributed by atoms with E-state index in [1.54, 1.807) is 0 Å². The van der Waals surface area contributed by atoms with Crippen molar-refractivity contribution in [2.24, 2.45) is 0 Å². The zero-order valence-corrected chi connectivity index (χ0v) is 18.9. The van der Waals surface area contributed by atoms with Gasteiger partial charge in [0.2, 0.25) is 13.1 Å². The number of halogens is 8. The van der Waals surface area contributed by atoms with Gasteiger partial charge in [0.15, 0.2) is 24.8 Å². The second kappa shape index (κ2) is 13.4. The van der Waals surface area contributed by atoms with Crippen molar-refractivity contribution in [2.75, 3.05) is 0 Å². The average Bonchev–Trinajstić information content (AvgIpc) is 2.82. The van der Waals surface area contributed by atoms with Crippen LogP contribution in [0.4, 0.5) is 34.5 Å². The van der Waals surface area contributed by atoms with Crippen LogP contribution in [0.1, 0.15) is 0 Å². The molecule has 0 atom stereocenters. The number of hydrogen-bond donors (Lipinski definition) is 0. The molecular weight excluding hydrogens is 490 g/mol. The van der Waals surface area contributed by atoms with Crippen molar-refractivity contribution in [1.29, 1.82) is 0 Å². The van der Waals surface area contributed by atoms with Gasteiger partial charge in [-0.25, -0.2) is 0 Å². The molecule has 36 heavy (non-hydrogen) atoms. The van der Waals surface area contributed by atoms with Crippen LogP contribution in [0.3, 0.4) is 0 Å². The Morgan fingerprint density at radius 1 is 0.417 bits per heavy atom. The van der Waals surface area contributed by atoms with Gasteiger partial charge in [0, 0.05) is 23.3 Å². The number of nitrogens with zero attached hydrogens (tertiary/aromatic N) is 2. The Hall–Kier alpha value is -3.69. The van der Waals surface area contributed by atoms with Crippen molar-refractivity contribution in [3.8, 4) is 22.3 Å². The molecule has 0 saturated carbocycles. The zero-order valence-electron chi connectivity index (χ0n) is 18.9. The van der Waals surface area contributed by atoms with Gasteiger partial charge in [-0.15, -0.1) is 0 Å². The van der Waals surface area contributed by atoms with E-state index in [-0.39, 0.29) is 0 Å². The van der Waals surface area contributed by atoms with E-state index < -0.39 is 14.5 Å². The molecule has 0 saturated heterocycles. The van der Waals surface area contributed by atoms with Gasteiger partial charge >= 0.3 is 14.5 Å². The quantitative estimate of drug-likeness (QED) is 0.156. The third-order valence-electron chi connectivity index (χ3n) is 4.55. The van der Waals surface area contributed by atoms with Crippen molar-refractivity contribution in [3.05, 3.63) is 110 Å². The van der Waals surface area contributed by atoms with E-state index in [1.807, 2.05) is 0 Å². The maximum absolute atomic E-state index is 9.75. The van der Waals surface area contributed by atoms with Gasteiger partial charge in [-0.05, 0) is 23.3 Å².